The van der Waals surface area contributed by atoms with E-state index < -0.39 is 40.1 Å². The summed E-state index contributed by atoms with van der Waals surface area (Å²) in [5.74, 6) is -3.13. The van der Waals surface area contributed by atoms with Crippen LogP contribution in [0.1, 0.15) is 5.69 Å². The van der Waals surface area contributed by atoms with E-state index in [0.717, 1.165) is 11.3 Å². The van der Waals surface area contributed by atoms with Gasteiger partial charge in [-0.25, -0.2) is 9.29 Å². The van der Waals surface area contributed by atoms with Crippen LogP contribution in [0, 0.1) is 0 Å². The van der Waals surface area contributed by atoms with Crippen LogP contribution in [0.4, 0.5) is 5.13 Å². The zero-order valence-corrected chi connectivity index (χ0v) is 17.1. The molecule has 2 atom stereocenters. The van der Waals surface area contributed by atoms with Crippen molar-refractivity contribution in [2.45, 2.75) is 12.1 Å². The molecule has 17 heteroatoms. The summed E-state index contributed by atoms with van der Waals surface area (Å²) in [4.78, 5) is 44.4. The summed E-state index contributed by atoms with van der Waals surface area (Å²) in [7, 11) is -3.63. The SMILES string of the molecule is CO/N=C(\C(=O)NC1C(=O)N(S(=O)(=O)O)C1CCl)c1csc(NC(=O)CCl)n1.[NaH]. The molecule has 0 saturated carbocycles. The van der Waals surface area contributed by atoms with Gasteiger partial charge in [-0.2, -0.15) is 8.42 Å². The van der Waals surface area contributed by atoms with Gasteiger partial charge in [-0.3, -0.25) is 18.9 Å². The van der Waals surface area contributed by atoms with Crippen LogP contribution in [-0.4, -0.2) is 106 Å². The molecule has 1 aromatic rings. The van der Waals surface area contributed by atoms with E-state index in [-0.39, 0.29) is 62.2 Å². The van der Waals surface area contributed by atoms with Crippen molar-refractivity contribution in [2.24, 2.45) is 5.16 Å². The Kier molecular flexibility index (Phi) is 9.75. The molecule has 2 unspecified atom stereocenters. The molecule has 12 nitrogen and oxygen atoms in total. The average molecular weight is 498 g/mol. The molecule has 1 aromatic heterocycles. The van der Waals surface area contributed by atoms with Crippen LogP contribution in [-0.2, 0) is 29.5 Å². The summed E-state index contributed by atoms with van der Waals surface area (Å²) < 4.78 is 31.6. The number of hydrogen-bond acceptors (Lipinski definition) is 9. The molecule has 0 spiro atoms. The molecule has 2 rings (SSSR count). The van der Waals surface area contributed by atoms with Crippen molar-refractivity contribution in [1.29, 1.82) is 0 Å². The number of anilines is 1. The van der Waals surface area contributed by atoms with Crippen molar-refractivity contribution in [3.8, 4) is 0 Å². The van der Waals surface area contributed by atoms with Gasteiger partial charge in [0.2, 0.25) is 5.91 Å². The van der Waals surface area contributed by atoms with Crippen LogP contribution in [0.15, 0.2) is 10.5 Å². The Labute approximate surface area is 201 Å². The minimum absolute atomic E-state index is 0. The van der Waals surface area contributed by atoms with Crippen molar-refractivity contribution >= 4 is 103 Å². The molecule has 3 N–H and O–H groups in total. The predicted octanol–water partition coefficient (Wildman–Crippen LogP) is -1.24. The molecule has 2 heterocycles. The molecule has 1 saturated heterocycles. The average Bonchev–Trinajstić information content (AvgIpc) is 3.08. The van der Waals surface area contributed by atoms with Gasteiger partial charge in [-0.05, 0) is 0 Å². The number of nitrogens with one attached hydrogen (secondary N) is 2. The van der Waals surface area contributed by atoms with Crippen molar-refractivity contribution in [3.63, 3.8) is 0 Å². The minimum atomic E-state index is -4.81. The molecule has 0 bridgehead atoms. The van der Waals surface area contributed by atoms with Crippen molar-refractivity contribution in [3.05, 3.63) is 11.1 Å². The fraction of sp³-hybridized carbons (Fsp3) is 0.417. The fourth-order valence-corrected chi connectivity index (χ4v) is 4.27. The Bertz CT molecular complexity index is 925. The van der Waals surface area contributed by atoms with E-state index in [0.29, 0.717) is 0 Å². The van der Waals surface area contributed by atoms with Gasteiger partial charge in [0.15, 0.2) is 10.8 Å². The first kappa shape index (κ1) is 26.0. The summed E-state index contributed by atoms with van der Waals surface area (Å²) in [6.07, 6.45) is 0. The van der Waals surface area contributed by atoms with E-state index in [9.17, 15) is 22.8 Å². The second-order valence-corrected chi connectivity index (χ2v) is 7.85. The number of halogens is 2. The van der Waals surface area contributed by atoms with Crippen molar-refractivity contribution in [1.82, 2.24) is 14.6 Å². The number of carbonyl (C=O) groups is 3. The topological polar surface area (TPSA) is 167 Å². The van der Waals surface area contributed by atoms with Gasteiger partial charge in [0.05, 0.1) is 6.04 Å². The number of carbonyl (C=O) groups excluding carboxylic acids is 3. The van der Waals surface area contributed by atoms with Gasteiger partial charge in [0.1, 0.15) is 24.7 Å². The van der Waals surface area contributed by atoms with Gasteiger partial charge in [-0.15, -0.1) is 34.5 Å². The van der Waals surface area contributed by atoms with E-state index in [1.54, 1.807) is 0 Å². The standard InChI is InChI=1S/C12H13Cl2N5O7S2.Na.H/c1-26-18-8(5-4-27-12(15-5)16-7(20)3-14)10(21)17-9-6(2-13)19(11(9)22)28(23,24)25;;/h4,6,9H,2-3H2,1H3,(H,17,21)(H,15,16,20)(H,23,24,25);;/b18-8-;;. The summed E-state index contributed by atoms with van der Waals surface area (Å²) in [6.45, 7) is 0. The first-order valence-corrected chi connectivity index (χ1v) is 10.6. The zero-order valence-electron chi connectivity index (χ0n) is 14.0. The Hall–Kier alpha value is -1.000. The van der Waals surface area contributed by atoms with Crippen molar-refractivity contribution < 1.29 is 32.2 Å². The third-order valence-corrected chi connectivity index (χ3v) is 5.64. The number of amides is 3. The molecule has 0 aromatic carbocycles. The first-order valence-electron chi connectivity index (χ1n) is 7.24. The molecular weight excluding hydrogens is 484 g/mol. The second-order valence-electron chi connectivity index (χ2n) is 5.13. The number of aromatic nitrogens is 1. The molecule has 1 aliphatic rings. The van der Waals surface area contributed by atoms with Crippen LogP contribution in [0.5, 0.6) is 0 Å². The third kappa shape index (κ3) is 6.01. The molecular formula is C12H14Cl2N5NaO7S2. The summed E-state index contributed by atoms with van der Waals surface area (Å²) in [6, 6.07) is -2.48. The van der Waals surface area contributed by atoms with Crippen LogP contribution in [0.25, 0.3) is 0 Å². The Morgan fingerprint density at radius 3 is 2.62 bits per heavy atom. The van der Waals surface area contributed by atoms with Gasteiger partial charge in [-0.1, -0.05) is 5.16 Å². The van der Waals surface area contributed by atoms with E-state index >= 15 is 0 Å². The third-order valence-electron chi connectivity index (χ3n) is 3.37. The van der Waals surface area contributed by atoms with E-state index in [1.807, 2.05) is 0 Å². The maximum absolute atomic E-state index is 12.5. The molecule has 1 fully saturated rings. The Morgan fingerprint density at radius 2 is 2.10 bits per heavy atom. The molecule has 0 aliphatic carbocycles. The van der Waals surface area contributed by atoms with E-state index in [2.05, 4.69) is 25.6 Å². The number of β-lactam (4-membered cyclic amide) rings is 1. The molecule has 0 radical (unpaired) electrons. The van der Waals surface area contributed by atoms with Gasteiger partial charge < -0.3 is 15.5 Å². The quantitative estimate of drug-likeness (QED) is 0.0999. The van der Waals surface area contributed by atoms with E-state index in [4.69, 9.17) is 27.8 Å². The van der Waals surface area contributed by atoms with Gasteiger partial charge in [0, 0.05) is 11.3 Å². The normalized spacial score (nSPS) is 19.1. The van der Waals surface area contributed by atoms with Crippen LogP contribution < -0.4 is 10.6 Å². The molecule has 156 valence electrons. The van der Waals surface area contributed by atoms with Crippen molar-refractivity contribution in [2.75, 3.05) is 24.2 Å². The number of thiazole rings is 1. The van der Waals surface area contributed by atoms with Crippen LogP contribution in [0.2, 0.25) is 0 Å². The van der Waals surface area contributed by atoms with Crippen LogP contribution >= 0.6 is 34.5 Å². The molecule has 3 amide bonds. The Morgan fingerprint density at radius 1 is 1.45 bits per heavy atom. The fourth-order valence-electron chi connectivity index (χ4n) is 2.21. The predicted molar refractivity (Wildman–Crippen MR) is 107 cm³/mol. The maximum atomic E-state index is 12.5. The Balaban J connectivity index is 0.00000420. The summed E-state index contributed by atoms with van der Waals surface area (Å²) >= 11 is 12.0. The first-order chi connectivity index (χ1) is 13.1. The van der Waals surface area contributed by atoms with Gasteiger partial charge >= 0.3 is 39.9 Å². The number of nitrogens with zero attached hydrogens (tertiary/aromatic N) is 3. The number of alkyl halides is 2. The number of hydrogen-bond donors (Lipinski definition) is 3. The van der Waals surface area contributed by atoms with Crippen LogP contribution in [0.3, 0.4) is 0 Å². The summed E-state index contributed by atoms with van der Waals surface area (Å²) in [5, 5.41) is 9.75. The monoisotopic (exact) mass is 497 g/mol. The second kappa shape index (κ2) is 10.9. The molecule has 29 heavy (non-hydrogen) atoms. The van der Waals surface area contributed by atoms with Gasteiger partial charge in [0.25, 0.3) is 11.8 Å². The zero-order chi connectivity index (χ0) is 21.1. The van der Waals surface area contributed by atoms with E-state index in [1.165, 1.54) is 12.5 Å². The number of oxime groups is 1. The number of rotatable bonds is 8. The molecule has 1 aliphatic heterocycles. The summed E-state index contributed by atoms with van der Waals surface area (Å²) in [5.41, 5.74) is -0.313.